The third-order valence-electron chi connectivity index (χ3n) is 2.96. The van der Waals surface area contributed by atoms with Crippen molar-refractivity contribution in [3.63, 3.8) is 0 Å². The Labute approximate surface area is 99.2 Å². The number of hydrogen-bond acceptors (Lipinski definition) is 5. The fourth-order valence-corrected chi connectivity index (χ4v) is 2.05. The molecule has 5 nitrogen and oxygen atoms in total. The highest BCUT2D eigenvalue weighted by atomic mass is 19.1. The lowest BCUT2D eigenvalue weighted by atomic mass is 10.2. The average Bonchev–Trinajstić information content (AvgIpc) is 2.70. The van der Waals surface area contributed by atoms with E-state index in [1.165, 1.54) is 7.11 Å². The van der Waals surface area contributed by atoms with Crippen molar-refractivity contribution in [1.82, 2.24) is 15.1 Å². The van der Waals surface area contributed by atoms with Crippen LogP contribution in [0.3, 0.4) is 0 Å². The highest BCUT2D eigenvalue weighted by molar-refractivity contribution is 5.11. The summed E-state index contributed by atoms with van der Waals surface area (Å²) in [5, 5.41) is 17.0. The molecule has 0 spiro atoms. The number of rotatable bonds is 4. The number of aliphatic hydroxyl groups excluding tert-OH is 1. The maximum absolute atomic E-state index is 13.2. The zero-order chi connectivity index (χ0) is 12.3. The maximum Gasteiger partial charge on any atom is 0.233 e. The SMILES string of the molecule is COc1ccc(CN2C[C@@H](F)C[C@H]2CO)nn1. The van der Waals surface area contributed by atoms with Crippen molar-refractivity contribution >= 4 is 0 Å². The van der Waals surface area contributed by atoms with Crippen LogP contribution in [0.5, 0.6) is 5.88 Å². The fraction of sp³-hybridized carbons (Fsp3) is 0.636. The Hall–Kier alpha value is -1.27. The molecule has 0 saturated carbocycles. The Morgan fingerprint density at radius 2 is 2.35 bits per heavy atom. The zero-order valence-electron chi connectivity index (χ0n) is 9.71. The fourth-order valence-electron chi connectivity index (χ4n) is 2.05. The highest BCUT2D eigenvalue weighted by Gasteiger charge is 2.31. The molecule has 2 rings (SSSR count). The molecule has 1 aromatic rings. The molecule has 1 fully saturated rings. The van der Waals surface area contributed by atoms with Gasteiger partial charge >= 0.3 is 0 Å². The number of aromatic nitrogens is 2. The highest BCUT2D eigenvalue weighted by Crippen LogP contribution is 2.21. The van der Waals surface area contributed by atoms with Gasteiger partial charge in [-0.1, -0.05) is 0 Å². The van der Waals surface area contributed by atoms with Gasteiger partial charge in [0.15, 0.2) is 0 Å². The van der Waals surface area contributed by atoms with Crippen LogP contribution in [0.4, 0.5) is 4.39 Å². The zero-order valence-corrected chi connectivity index (χ0v) is 9.71. The summed E-state index contributed by atoms with van der Waals surface area (Å²) in [5.74, 6) is 0.456. The maximum atomic E-state index is 13.2. The molecule has 0 aromatic carbocycles. The molecule has 1 aromatic heterocycles. The van der Waals surface area contributed by atoms with Gasteiger partial charge in [0.1, 0.15) is 6.17 Å². The van der Waals surface area contributed by atoms with Crippen molar-refractivity contribution < 1.29 is 14.2 Å². The van der Waals surface area contributed by atoms with Crippen LogP contribution in [0.15, 0.2) is 12.1 Å². The van der Waals surface area contributed by atoms with Crippen LogP contribution in [0, 0.1) is 0 Å². The molecule has 0 radical (unpaired) electrons. The molecule has 94 valence electrons. The summed E-state index contributed by atoms with van der Waals surface area (Å²) in [6.07, 6.45) is -0.474. The molecule has 1 aliphatic heterocycles. The van der Waals surface area contributed by atoms with Gasteiger partial charge in [0.05, 0.1) is 19.4 Å². The first kappa shape index (κ1) is 12.2. The molecule has 1 N–H and O–H groups in total. The van der Waals surface area contributed by atoms with Crippen LogP contribution in [-0.4, -0.2) is 52.7 Å². The lowest BCUT2D eigenvalue weighted by Crippen LogP contribution is -2.32. The summed E-state index contributed by atoms with van der Waals surface area (Å²) in [6.45, 7) is 0.825. The Bertz CT molecular complexity index is 360. The number of likely N-dealkylation sites (tertiary alicyclic amines) is 1. The van der Waals surface area contributed by atoms with E-state index in [9.17, 15) is 4.39 Å². The molecule has 17 heavy (non-hydrogen) atoms. The molecule has 0 unspecified atom stereocenters. The second-order valence-electron chi connectivity index (χ2n) is 4.17. The van der Waals surface area contributed by atoms with Gasteiger partial charge in [-0.05, 0) is 12.5 Å². The summed E-state index contributed by atoms with van der Waals surface area (Å²) in [5.41, 5.74) is 0.748. The topological polar surface area (TPSA) is 58.5 Å². The summed E-state index contributed by atoms with van der Waals surface area (Å²) in [7, 11) is 1.53. The Morgan fingerprint density at radius 3 is 2.94 bits per heavy atom. The summed E-state index contributed by atoms with van der Waals surface area (Å²) in [6, 6.07) is 3.40. The Morgan fingerprint density at radius 1 is 1.53 bits per heavy atom. The largest absolute Gasteiger partial charge is 0.480 e. The number of ether oxygens (including phenoxy) is 1. The first-order chi connectivity index (χ1) is 8.22. The second-order valence-corrected chi connectivity index (χ2v) is 4.17. The molecule has 1 saturated heterocycles. The van der Waals surface area contributed by atoms with E-state index in [-0.39, 0.29) is 12.6 Å². The van der Waals surface area contributed by atoms with E-state index >= 15 is 0 Å². The van der Waals surface area contributed by atoms with Crippen LogP contribution in [-0.2, 0) is 6.54 Å². The van der Waals surface area contributed by atoms with E-state index in [1.54, 1.807) is 12.1 Å². The number of nitrogens with zero attached hydrogens (tertiary/aromatic N) is 3. The first-order valence-electron chi connectivity index (χ1n) is 5.58. The van der Waals surface area contributed by atoms with Crippen LogP contribution >= 0.6 is 0 Å². The van der Waals surface area contributed by atoms with E-state index in [1.807, 2.05) is 4.90 Å². The molecule has 0 aliphatic carbocycles. The van der Waals surface area contributed by atoms with E-state index in [4.69, 9.17) is 9.84 Å². The smallest absolute Gasteiger partial charge is 0.233 e. The summed E-state index contributed by atoms with van der Waals surface area (Å²) < 4.78 is 18.1. The summed E-state index contributed by atoms with van der Waals surface area (Å²) in [4.78, 5) is 1.89. The van der Waals surface area contributed by atoms with Crippen molar-refractivity contribution in [2.75, 3.05) is 20.3 Å². The number of aliphatic hydroxyl groups is 1. The molecule has 2 atom stereocenters. The molecular formula is C11H16FN3O2. The monoisotopic (exact) mass is 241 g/mol. The molecule has 0 amide bonds. The summed E-state index contributed by atoms with van der Waals surface area (Å²) >= 11 is 0. The van der Waals surface area contributed by atoms with E-state index in [0.717, 1.165) is 5.69 Å². The van der Waals surface area contributed by atoms with Gasteiger partial charge in [0.2, 0.25) is 5.88 Å². The minimum Gasteiger partial charge on any atom is -0.480 e. The van der Waals surface area contributed by atoms with Crippen LogP contribution < -0.4 is 4.74 Å². The van der Waals surface area contributed by atoms with Crippen molar-refractivity contribution in [2.45, 2.75) is 25.2 Å². The normalized spacial score (nSPS) is 25.1. The average molecular weight is 241 g/mol. The van der Waals surface area contributed by atoms with Crippen LogP contribution in [0.2, 0.25) is 0 Å². The van der Waals surface area contributed by atoms with Gasteiger partial charge in [-0.3, -0.25) is 4.90 Å². The Kier molecular flexibility index (Phi) is 3.86. The quantitative estimate of drug-likeness (QED) is 0.826. The molecule has 6 heteroatoms. The number of halogens is 1. The lowest BCUT2D eigenvalue weighted by molar-refractivity contribution is 0.151. The number of alkyl halides is 1. The van der Waals surface area contributed by atoms with E-state index < -0.39 is 6.17 Å². The van der Waals surface area contributed by atoms with E-state index in [0.29, 0.717) is 25.4 Å². The van der Waals surface area contributed by atoms with Gasteiger partial charge < -0.3 is 9.84 Å². The van der Waals surface area contributed by atoms with Crippen molar-refractivity contribution in [3.05, 3.63) is 17.8 Å². The predicted octanol–water partition coefficient (Wildman–Crippen LogP) is 0.390. The third kappa shape index (κ3) is 2.89. The van der Waals surface area contributed by atoms with Crippen molar-refractivity contribution in [1.29, 1.82) is 0 Å². The van der Waals surface area contributed by atoms with Gasteiger partial charge in [-0.25, -0.2) is 4.39 Å². The van der Waals surface area contributed by atoms with Gasteiger partial charge in [-0.15, -0.1) is 5.10 Å². The van der Waals surface area contributed by atoms with Crippen molar-refractivity contribution in [2.24, 2.45) is 0 Å². The minimum atomic E-state index is -0.863. The van der Waals surface area contributed by atoms with E-state index in [2.05, 4.69) is 10.2 Å². The van der Waals surface area contributed by atoms with Crippen LogP contribution in [0.1, 0.15) is 12.1 Å². The molecular weight excluding hydrogens is 225 g/mol. The number of methoxy groups -OCH3 is 1. The van der Waals surface area contributed by atoms with Crippen molar-refractivity contribution in [3.8, 4) is 5.88 Å². The van der Waals surface area contributed by atoms with Gasteiger partial charge in [0, 0.05) is 25.2 Å². The number of hydrogen-bond donors (Lipinski definition) is 1. The van der Waals surface area contributed by atoms with Gasteiger partial charge in [-0.2, -0.15) is 5.10 Å². The second kappa shape index (κ2) is 5.37. The Balaban J connectivity index is 1.99. The minimum absolute atomic E-state index is 0.0238. The molecule has 1 aliphatic rings. The standard InChI is InChI=1S/C11H16FN3O2/c1-17-11-3-2-9(13-14-11)6-15-5-8(12)4-10(15)7-16/h2-3,8,10,16H,4-7H2,1H3/t8-,10-/m0/s1. The predicted molar refractivity (Wildman–Crippen MR) is 59.4 cm³/mol. The molecule has 0 bridgehead atoms. The van der Waals surface area contributed by atoms with Gasteiger partial charge in [0.25, 0.3) is 0 Å². The first-order valence-corrected chi connectivity index (χ1v) is 5.58. The molecule has 2 heterocycles. The van der Waals surface area contributed by atoms with Crippen LogP contribution in [0.25, 0.3) is 0 Å². The lowest BCUT2D eigenvalue weighted by Gasteiger charge is -2.21. The third-order valence-corrected chi connectivity index (χ3v) is 2.96.